The number of hydrogen-bond donors (Lipinski definition) is 0. The summed E-state index contributed by atoms with van der Waals surface area (Å²) in [7, 11) is 0. The molecule has 1 aliphatic carbocycles. The predicted octanol–water partition coefficient (Wildman–Crippen LogP) is 8.97. The minimum absolute atomic E-state index is 0.142. The number of aromatic nitrogens is 2. The molecule has 0 aliphatic heterocycles. The zero-order valence-corrected chi connectivity index (χ0v) is 23.7. The Labute approximate surface area is 247 Å². The number of carbonyl (C=O) groups is 1. The Kier molecular flexibility index (Phi) is 8.18. The van der Waals surface area contributed by atoms with Crippen LogP contribution < -0.4 is 4.74 Å². The van der Waals surface area contributed by atoms with Gasteiger partial charge in [-0.25, -0.2) is 22.9 Å². The number of imidazole rings is 1. The van der Waals surface area contributed by atoms with Crippen molar-refractivity contribution in [3.05, 3.63) is 119 Å². The number of halogens is 3. The Balaban J connectivity index is 1.40. The average Bonchev–Trinajstić information content (AvgIpc) is 3.39. The summed E-state index contributed by atoms with van der Waals surface area (Å²) in [4.78, 5) is 17.2. The molecule has 220 valence electrons. The van der Waals surface area contributed by atoms with Gasteiger partial charge in [0.25, 0.3) is 0 Å². The van der Waals surface area contributed by atoms with Gasteiger partial charge in [0, 0.05) is 12.1 Å². The van der Waals surface area contributed by atoms with Crippen molar-refractivity contribution in [3.63, 3.8) is 0 Å². The molecule has 0 radical (unpaired) electrons. The highest BCUT2D eigenvalue weighted by molar-refractivity contribution is 5.94. The molecule has 0 atom stereocenters. The molecule has 1 aliphatic rings. The van der Waals surface area contributed by atoms with Gasteiger partial charge < -0.3 is 14.0 Å². The minimum atomic E-state index is -0.871. The van der Waals surface area contributed by atoms with Crippen molar-refractivity contribution in [2.45, 2.75) is 51.2 Å². The molecule has 0 spiro atoms. The molecule has 6 rings (SSSR count). The topological polar surface area (TPSA) is 53.4 Å². The molecular weight excluding hydrogens is 553 g/mol. The number of carbonyl (C=O) groups excluding carboxylic acids is 1. The van der Waals surface area contributed by atoms with Crippen LogP contribution in [0.25, 0.3) is 22.4 Å². The number of ether oxygens (including phenoxy) is 2. The maximum atomic E-state index is 16.0. The third kappa shape index (κ3) is 6.00. The zero-order valence-electron chi connectivity index (χ0n) is 23.7. The Morgan fingerprint density at radius 2 is 1.58 bits per heavy atom. The summed E-state index contributed by atoms with van der Waals surface area (Å²) in [5.74, 6) is -1.23. The van der Waals surface area contributed by atoms with Crippen LogP contribution in [0.15, 0.2) is 84.9 Å². The SMILES string of the molecule is CCOC(=O)c1ccc2c(c1)nc(-c1ccc(OC(c3cccc(F)c3)c3cccc(F)c3)cc1F)n2C1CCCCC1. The number of hydrogen-bond acceptors (Lipinski definition) is 4. The van der Waals surface area contributed by atoms with Crippen LogP contribution in [0.4, 0.5) is 13.2 Å². The van der Waals surface area contributed by atoms with E-state index < -0.39 is 29.5 Å². The summed E-state index contributed by atoms with van der Waals surface area (Å²) in [5, 5.41) is 0. The van der Waals surface area contributed by atoms with Gasteiger partial charge in [-0.05, 0) is 85.5 Å². The molecule has 1 saturated carbocycles. The lowest BCUT2D eigenvalue weighted by Gasteiger charge is -2.26. The lowest BCUT2D eigenvalue weighted by molar-refractivity contribution is 0.0526. The molecule has 1 heterocycles. The first kappa shape index (κ1) is 28.5. The fourth-order valence-electron chi connectivity index (χ4n) is 5.89. The van der Waals surface area contributed by atoms with E-state index in [-0.39, 0.29) is 18.4 Å². The summed E-state index contributed by atoms with van der Waals surface area (Å²) < 4.78 is 57.7. The second-order valence-corrected chi connectivity index (χ2v) is 10.8. The van der Waals surface area contributed by atoms with Gasteiger partial charge in [0.15, 0.2) is 0 Å². The number of rotatable bonds is 8. The second-order valence-electron chi connectivity index (χ2n) is 10.8. The number of esters is 1. The number of fused-ring (bicyclic) bond motifs is 1. The molecule has 4 aromatic carbocycles. The lowest BCUT2D eigenvalue weighted by Crippen LogP contribution is -2.14. The first-order valence-corrected chi connectivity index (χ1v) is 14.6. The maximum Gasteiger partial charge on any atom is 0.338 e. The van der Waals surface area contributed by atoms with Crippen LogP contribution >= 0.6 is 0 Å². The van der Waals surface area contributed by atoms with Gasteiger partial charge in [-0.2, -0.15) is 0 Å². The van der Waals surface area contributed by atoms with Gasteiger partial charge in [-0.15, -0.1) is 0 Å². The van der Waals surface area contributed by atoms with E-state index in [1.165, 1.54) is 30.3 Å². The van der Waals surface area contributed by atoms with Crippen molar-refractivity contribution in [1.82, 2.24) is 9.55 Å². The van der Waals surface area contributed by atoms with E-state index >= 15 is 4.39 Å². The van der Waals surface area contributed by atoms with Crippen molar-refractivity contribution >= 4 is 17.0 Å². The van der Waals surface area contributed by atoms with E-state index in [0.29, 0.717) is 33.6 Å². The van der Waals surface area contributed by atoms with Gasteiger partial charge in [-0.1, -0.05) is 43.5 Å². The zero-order chi connectivity index (χ0) is 29.9. The van der Waals surface area contributed by atoms with Gasteiger partial charge in [0.1, 0.15) is 35.1 Å². The summed E-state index contributed by atoms with van der Waals surface area (Å²) >= 11 is 0. The summed E-state index contributed by atoms with van der Waals surface area (Å²) in [5.41, 5.74) is 3.02. The molecule has 43 heavy (non-hydrogen) atoms. The van der Waals surface area contributed by atoms with Crippen LogP contribution in [-0.4, -0.2) is 22.1 Å². The molecule has 0 bridgehead atoms. The van der Waals surface area contributed by atoms with Gasteiger partial charge >= 0.3 is 5.97 Å². The van der Waals surface area contributed by atoms with Crippen molar-refractivity contribution in [3.8, 4) is 17.1 Å². The van der Waals surface area contributed by atoms with E-state index in [1.54, 1.807) is 55.5 Å². The van der Waals surface area contributed by atoms with E-state index in [4.69, 9.17) is 14.5 Å². The Hall–Kier alpha value is -4.59. The van der Waals surface area contributed by atoms with Crippen molar-refractivity contribution in [2.75, 3.05) is 6.61 Å². The minimum Gasteiger partial charge on any atom is -0.481 e. The largest absolute Gasteiger partial charge is 0.481 e. The van der Waals surface area contributed by atoms with Crippen molar-refractivity contribution in [2.24, 2.45) is 0 Å². The quantitative estimate of drug-likeness (QED) is 0.171. The first-order chi connectivity index (χ1) is 20.9. The molecule has 5 aromatic rings. The fraction of sp³-hybridized carbons (Fsp3) is 0.257. The van der Waals surface area contributed by atoms with Crippen LogP contribution in [0.5, 0.6) is 5.75 Å². The molecule has 0 N–H and O–H groups in total. The monoisotopic (exact) mass is 584 g/mol. The fourth-order valence-corrected chi connectivity index (χ4v) is 5.89. The van der Waals surface area contributed by atoms with Crippen LogP contribution in [0, 0.1) is 17.5 Å². The van der Waals surface area contributed by atoms with E-state index in [2.05, 4.69) is 4.57 Å². The molecule has 0 saturated heterocycles. The van der Waals surface area contributed by atoms with E-state index in [9.17, 15) is 13.6 Å². The predicted molar refractivity (Wildman–Crippen MR) is 158 cm³/mol. The van der Waals surface area contributed by atoms with Gasteiger partial charge in [-0.3, -0.25) is 0 Å². The second kappa shape index (κ2) is 12.3. The third-order valence-electron chi connectivity index (χ3n) is 7.88. The molecule has 1 aromatic heterocycles. The van der Waals surface area contributed by atoms with Crippen LogP contribution in [-0.2, 0) is 4.74 Å². The Morgan fingerprint density at radius 3 is 2.21 bits per heavy atom. The normalized spacial score (nSPS) is 13.9. The summed E-state index contributed by atoms with van der Waals surface area (Å²) in [6, 6.07) is 21.7. The lowest BCUT2D eigenvalue weighted by atomic mass is 9.94. The highest BCUT2D eigenvalue weighted by atomic mass is 19.1. The Bertz CT molecular complexity index is 1730. The van der Waals surface area contributed by atoms with E-state index in [1.807, 2.05) is 6.07 Å². The summed E-state index contributed by atoms with van der Waals surface area (Å²) in [6.45, 7) is 2.01. The maximum absolute atomic E-state index is 16.0. The summed E-state index contributed by atoms with van der Waals surface area (Å²) in [6.07, 6.45) is 4.32. The van der Waals surface area contributed by atoms with Gasteiger partial charge in [0.05, 0.1) is 28.8 Å². The highest BCUT2D eigenvalue weighted by Gasteiger charge is 2.25. The standard InChI is InChI=1S/C35H31F3N2O3/c1-2-42-35(41)24-14-17-32-31(20-24)39-34(40(32)27-12-4-3-5-13-27)29-16-15-28(21-30(29)38)43-33(22-8-6-10-25(36)18-22)23-9-7-11-26(37)19-23/h6-11,14-21,27,33H,2-5,12-13H2,1H3. The Morgan fingerprint density at radius 1 is 0.884 bits per heavy atom. The number of benzene rings is 4. The highest BCUT2D eigenvalue weighted by Crippen LogP contribution is 2.38. The third-order valence-corrected chi connectivity index (χ3v) is 7.88. The molecule has 0 amide bonds. The van der Waals surface area contributed by atoms with Crippen LogP contribution in [0.3, 0.4) is 0 Å². The molecule has 1 fully saturated rings. The van der Waals surface area contributed by atoms with Crippen molar-refractivity contribution < 1.29 is 27.4 Å². The molecule has 8 heteroatoms. The van der Waals surface area contributed by atoms with Crippen LogP contribution in [0.2, 0.25) is 0 Å². The van der Waals surface area contributed by atoms with Gasteiger partial charge in [0.2, 0.25) is 0 Å². The molecular formula is C35H31F3N2O3. The van der Waals surface area contributed by atoms with Crippen LogP contribution in [0.1, 0.15) is 72.7 Å². The first-order valence-electron chi connectivity index (χ1n) is 14.6. The molecule has 0 unspecified atom stereocenters. The average molecular weight is 585 g/mol. The smallest absolute Gasteiger partial charge is 0.338 e. The number of nitrogens with zero attached hydrogens (tertiary/aromatic N) is 2. The van der Waals surface area contributed by atoms with E-state index in [0.717, 1.165) is 37.6 Å². The molecule has 5 nitrogen and oxygen atoms in total. The van der Waals surface area contributed by atoms with Crippen molar-refractivity contribution in [1.29, 1.82) is 0 Å².